The van der Waals surface area contributed by atoms with Crippen LogP contribution < -0.4 is 0 Å². The summed E-state index contributed by atoms with van der Waals surface area (Å²) in [5.74, 6) is 0. The molecule has 2 aromatic rings. The van der Waals surface area contributed by atoms with Gasteiger partial charge in [-0.2, -0.15) is 8.42 Å². The smallest absolute Gasteiger partial charge is 0.297 e. The number of benzene rings is 2. The molecule has 30 heavy (non-hydrogen) atoms. The van der Waals surface area contributed by atoms with Crippen molar-refractivity contribution in [2.45, 2.75) is 48.8 Å². The molecular formula is C21H24O8S. The first kappa shape index (κ1) is 21.4. The first-order chi connectivity index (χ1) is 14.4. The van der Waals surface area contributed by atoms with Gasteiger partial charge in [0.05, 0.1) is 11.5 Å². The average Bonchev–Trinajstić information content (AvgIpc) is 2.76. The van der Waals surface area contributed by atoms with E-state index < -0.39 is 47.1 Å². The fourth-order valence-electron chi connectivity index (χ4n) is 3.55. The third-order valence-electron chi connectivity index (χ3n) is 5.16. The molecule has 0 spiro atoms. The zero-order valence-corrected chi connectivity index (χ0v) is 17.4. The minimum Gasteiger partial charge on any atom is -0.387 e. The van der Waals surface area contributed by atoms with E-state index in [9.17, 15) is 13.5 Å². The molecule has 162 valence electrons. The van der Waals surface area contributed by atoms with Gasteiger partial charge in [0, 0.05) is 12.7 Å². The van der Waals surface area contributed by atoms with E-state index in [0.717, 1.165) is 11.1 Å². The zero-order chi connectivity index (χ0) is 21.3. The highest BCUT2D eigenvalue weighted by atomic mass is 32.2. The van der Waals surface area contributed by atoms with Crippen LogP contribution in [0.25, 0.3) is 0 Å². The molecule has 6 atom stereocenters. The van der Waals surface area contributed by atoms with Crippen molar-refractivity contribution in [3.8, 4) is 0 Å². The highest BCUT2D eigenvalue weighted by Gasteiger charge is 2.51. The molecule has 6 unspecified atom stereocenters. The lowest BCUT2D eigenvalue weighted by Crippen LogP contribution is -2.63. The predicted octanol–water partition coefficient (Wildman–Crippen LogP) is 1.92. The summed E-state index contributed by atoms with van der Waals surface area (Å²) in [5.41, 5.74) is 1.69. The molecule has 0 radical (unpaired) electrons. The van der Waals surface area contributed by atoms with Crippen molar-refractivity contribution in [2.24, 2.45) is 0 Å². The van der Waals surface area contributed by atoms with Gasteiger partial charge in [-0.15, -0.1) is 0 Å². The first-order valence-electron chi connectivity index (χ1n) is 9.57. The van der Waals surface area contributed by atoms with E-state index in [0.29, 0.717) is 0 Å². The van der Waals surface area contributed by atoms with Gasteiger partial charge in [0.15, 0.2) is 18.7 Å². The molecule has 0 amide bonds. The van der Waals surface area contributed by atoms with Gasteiger partial charge in [0.1, 0.15) is 18.3 Å². The molecule has 0 aliphatic carbocycles. The van der Waals surface area contributed by atoms with Gasteiger partial charge < -0.3 is 24.1 Å². The molecule has 1 N–H and O–H groups in total. The lowest BCUT2D eigenvalue weighted by Gasteiger charge is -2.46. The van der Waals surface area contributed by atoms with Crippen molar-refractivity contribution in [2.75, 3.05) is 13.7 Å². The molecule has 2 heterocycles. The molecule has 4 rings (SSSR count). The van der Waals surface area contributed by atoms with Crippen LogP contribution in [0.15, 0.2) is 59.5 Å². The Morgan fingerprint density at radius 1 is 1.03 bits per heavy atom. The van der Waals surface area contributed by atoms with Crippen LogP contribution in [0.5, 0.6) is 0 Å². The van der Waals surface area contributed by atoms with Gasteiger partial charge in [-0.25, -0.2) is 0 Å². The third kappa shape index (κ3) is 4.28. The number of hydrogen-bond donors (Lipinski definition) is 1. The summed E-state index contributed by atoms with van der Waals surface area (Å²) in [7, 11) is -2.81. The Morgan fingerprint density at radius 3 is 2.40 bits per heavy atom. The van der Waals surface area contributed by atoms with E-state index in [-0.39, 0.29) is 11.5 Å². The number of aliphatic hydroxyl groups excluding tert-OH is 1. The normalized spacial score (nSPS) is 31.8. The Labute approximate surface area is 175 Å². The second-order valence-electron chi connectivity index (χ2n) is 7.27. The van der Waals surface area contributed by atoms with Crippen molar-refractivity contribution < 1.29 is 36.7 Å². The molecule has 2 fully saturated rings. The number of rotatable bonds is 5. The third-order valence-corrected chi connectivity index (χ3v) is 6.49. The maximum Gasteiger partial charge on any atom is 0.297 e. The van der Waals surface area contributed by atoms with Gasteiger partial charge in [-0.3, -0.25) is 4.18 Å². The minimum absolute atomic E-state index is 0.0210. The summed E-state index contributed by atoms with van der Waals surface area (Å²) >= 11 is 0. The summed E-state index contributed by atoms with van der Waals surface area (Å²) < 4.78 is 53.5. The van der Waals surface area contributed by atoms with Crippen LogP contribution in [0.2, 0.25) is 0 Å². The summed E-state index contributed by atoms with van der Waals surface area (Å²) in [6.07, 6.45) is -5.93. The van der Waals surface area contributed by atoms with Crippen LogP contribution >= 0.6 is 0 Å². The van der Waals surface area contributed by atoms with Crippen molar-refractivity contribution in [1.29, 1.82) is 0 Å². The molecule has 0 aromatic heterocycles. The van der Waals surface area contributed by atoms with Crippen molar-refractivity contribution in [3.05, 3.63) is 65.7 Å². The molecule has 0 saturated carbocycles. The Kier molecular flexibility index (Phi) is 6.21. The predicted molar refractivity (Wildman–Crippen MR) is 105 cm³/mol. The van der Waals surface area contributed by atoms with Crippen LogP contribution in [0.4, 0.5) is 0 Å². The summed E-state index contributed by atoms with van der Waals surface area (Å²) in [6, 6.07) is 15.5. The van der Waals surface area contributed by atoms with Gasteiger partial charge in [-0.1, -0.05) is 48.0 Å². The van der Waals surface area contributed by atoms with E-state index in [1.54, 1.807) is 12.1 Å². The number of fused-ring (bicyclic) bond motifs is 1. The van der Waals surface area contributed by atoms with Crippen LogP contribution in [0.1, 0.15) is 17.4 Å². The lowest BCUT2D eigenvalue weighted by molar-refractivity contribution is -0.354. The Hall–Kier alpha value is -1.85. The minimum atomic E-state index is -4.16. The monoisotopic (exact) mass is 436 g/mol. The van der Waals surface area contributed by atoms with Crippen LogP contribution in [-0.2, 0) is 33.2 Å². The van der Waals surface area contributed by atoms with Crippen LogP contribution in [0.3, 0.4) is 0 Å². The van der Waals surface area contributed by atoms with Gasteiger partial charge in [0.2, 0.25) is 0 Å². The molecular weight excluding hydrogens is 412 g/mol. The number of methoxy groups -OCH3 is 1. The largest absolute Gasteiger partial charge is 0.387 e. The van der Waals surface area contributed by atoms with Crippen molar-refractivity contribution >= 4 is 10.1 Å². The zero-order valence-electron chi connectivity index (χ0n) is 16.6. The molecule has 8 nitrogen and oxygen atoms in total. The van der Waals surface area contributed by atoms with E-state index in [1.807, 2.05) is 37.3 Å². The standard InChI is InChI=1S/C21H24O8S/c1-13-8-10-15(11-9-13)30(23,24)29-19-17(22)18-16(27-21(19)25-2)12-26-20(28-18)14-6-4-3-5-7-14/h3-11,16-22H,12H2,1-2H3. The van der Waals surface area contributed by atoms with E-state index in [4.69, 9.17) is 23.1 Å². The molecule has 2 aromatic carbocycles. The van der Waals surface area contributed by atoms with Crippen molar-refractivity contribution in [1.82, 2.24) is 0 Å². The fraction of sp³-hybridized carbons (Fsp3) is 0.429. The quantitative estimate of drug-likeness (QED) is 0.710. The maximum atomic E-state index is 12.8. The van der Waals surface area contributed by atoms with Gasteiger partial charge in [0.25, 0.3) is 10.1 Å². The fourth-order valence-corrected chi connectivity index (χ4v) is 4.62. The Morgan fingerprint density at radius 2 is 1.73 bits per heavy atom. The van der Waals surface area contributed by atoms with Crippen molar-refractivity contribution in [3.63, 3.8) is 0 Å². The van der Waals surface area contributed by atoms with E-state index >= 15 is 0 Å². The average molecular weight is 436 g/mol. The lowest BCUT2D eigenvalue weighted by atomic mass is 9.98. The second kappa shape index (κ2) is 8.72. The number of ether oxygens (including phenoxy) is 4. The maximum absolute atomic E-state index is 12.8. The highest BCUT2D eigenvalue weighted by Crippen LogP contribution is 2.36. The molecule has 2 aliphatic rings. The SMILES string of the molecule is COC1OC2COC(c3ccccc3)OC2C(O)C1OS(=O)(=O)c1ccc(C)cc1. The second-order valence-corrected chi connectivity index (χ2v) is 8.85. The first-order valence-corrected chi connectivity index (χ1v) is 11.0. The van der Waals surface area contributed by atoms with Crippen LogP contribution in [0, 0.1) is 6.92 Å². The number of aliphatic hydroxyl groups is 1. The summed E-state index contributed by atoms with van der Waals surface area (Å²) in [4.78, 5) is -0.0210. The highest BCUT2D eigenvalue weighted by molar-refractivity contribution is 7.86. The Balaban J connectivity index is 1.55. The van der Waals surface area contributed by atoms with Crippen LogP contribution in [-0.4, -0.2) is 57.9 Å². The number of aryl methyl sites for hydroxylation is 1. The molecule has 0 bridgehead atoms. The molecule has 9 heteroatoms. The summed E-state index contributed by atoms with van der Waals surface area (Å²) in [5, 5.41) is 11.0. The van der Waals surface area contributed by atoms with E-state index in [1.165, 1.54) is 19.2 Å². The molecule has 2 aliphatic heterocycles. The topological polar surface area (TPSA) is 101 Å². The number of hydrogen-bond acceptors (Lipinski definition) is 8. The molecule has 2 saturated heterocycles. The Bertz CT molecular complexity index is 947. The van der Waals surface area contributed by atoms with Gasteiger partial charge >= 0.3 is 0 Å². The summed E-state index contributed by atoms with van der Waals surface area (Å²) in [6.45, 7) is 2.00. The van der Waals surface area contributed by atoms with Gasteiger partial charge in [-0.05, 0) is 19.1 Å². The van der Waals surface area contributed by atoms with E-state index in [2.05, 4.69) is 0 Å².